The standard InChI is InChI=1S/C19H23N5O5S2/c1-14(25)20-19-21-17(8-5-15-3-6-16(7-4-15)24(26)27)18(30-19)13-22-9-11-23(12-10-22)31(2,28)29/h3-8H,9-13H2,1-2H3,(H,20,21,25). The van der Waals surface area contributed by atoms with Crippen LogP contribution in [0.5, 0.6) is 0 Å². The van der Waals surface area contributed by atoms with E-state index in [-0.39, 0.29) is 11.6 Å². The van der Waals surface area contributed by atoms with Crippen LogP contribution in [0.15, 0.2) is 24.3 Å². The highest BCUT2D eigenvalue weighted by Crippen LogP contribution is 2.27. The minimum absolute atomic E-state index is 0.0210. The molecule has 1 amide bonds. The first-order valence-corrected chi connectivity index (χ1v) is 12.2. The molecule has 0 spiro atoms. The van der Waals surface area contributed by atoms with E-state index in [1.165, 1.54) is 41.0 Å². The van der Waals surface area contributed by atoms with Gasteiger partial charge >= 0.3 is 0 Å². The molecule has 31 heavy (non-hydrogen) atoms. The number of benzene rings is 1. The number of non-ortho nitro benzene ring substituents is 1. The third-order valence-corrected chi connectivity index (χ3v) is 6.99. The van der Waals surface area contributed by atoms with Crippen LogP contribution < -0.4 is 5.32 Å². The Labute approximate surface area is 184 Å². The number of nitro groups is 1. The van der Waals surface area contributed by atoms with Gasteiger partial charge in [-0.15, -0.1) is 0 Å². The van der Waals surface area contributed by atoms with E-state index < -0.39 is 14.9 Å². The number of sulfonamides is 1. The maximum Gasteiger partial charge on any atom is 0.269 e. The lowest BCUT2D eigenvalue weighted by atomic mass is 10.2. The second-order valence-corrected chi connectivity index (χ2v) is 10.2. The lowest BCUT2D eigenvalue weighted by Crippen LogP contribution is -2.47. The molecule has 1 N–H and O–H groups in total. The summed E-state index contributed by atoms with van der Waals surface area (Å²) in [5.41, 5.74) is 1.50. The molecular weight excluding hydrogens is 442 g/mol. The van der Waals surface area contributed by atoms with Crippen LogP contribution in [0.3, 0.4) is 0 Å². The van der Waals surface area contributed by atoms with Crippen molar-refractivity contribution in [3.8, 4) is 0 Å². The lowest BCUT2D eigenvalue weighted by Gasteiger charge is -2.32. The third kappa shape index (κ3) is 6.40. The summed E-state index contributed by atoms with van der Waals surface area (Å²) in [5.74, 6) is -0.215. The van der Waals surface area contributed by atoms with Crippen molar-refractivity contribution >= 4 is 50.2 Å². The molecule has 0 unspecified atom stereocenters. The zero-order valence-electron chi connectivity index (χ0n) is 17.1. The van der Waals surface area contributed by atoms with Gasteiger partial charge in [0.1, 0.15) is 0 Å². The number of rotatable bonds is 7. The third-order valence-electron chi connectivity index (χ3n) is 4.72. The predicted molar refractivity (Wildman–Crippen MR) is 120 cm³/mol. The molecule has 0 aliphatic carbocycles. The molecule has 166 valence electrons. The molecule has 1 aromatic carbocycles. The molecule has 0 radical (unpaired) electrons. The predicted octanol–water partition coefficient (Wildman–Crippen LogP) is 2.26. The maximum atomic E-state index is 11.7. The van der Waals surface area contributed by atoms with Gasteiger partial charge in [0.15, 0.2) is 5.13 Å². The molecule has 1 fully saturated rings. The minimum atomic E-state index is -3.19. The number of carbonyl (C=O) groups excluding carboxylic acids is 1. The van der Waals surface area contributed by atoms with E-state index in [9.17, 15) is 23.3 Å². The van der Waals surface area contributed by atoms with Gasteiger partial charge < -0.3 is 5.32 Å². The van der Waals surface area contributed by atoms with Crippen LogP contribution in [0, 0.1) is 10.1 Å². The summed E-state index contributed by atoms with van der Waals surface area (Å²) >= 11 is 1.37. The number of thiazole rings is 1. The molecule has 1 aliphatic heterocycles. The Morgan fingerprint density at radius 1 is 1.23 bits per heavy atom. The average Bonchev–Trinajstić information content (AvgIpc) is 3.06. The highest BCUT2D eigenvalue weighted by molar-refractivity contribution is 7.88. The summed E-state index contributed by atoms with van der Waals surface area (Å²) in [7, 11) is -3.19. The van der Waals surface area contributed by atoms with E-state index >= 15 is 0 Å². The van der Waals surface area contributed by atoms with Crippen LogP contribution in [-0.2, 0) is 21.4 Å². The number of piperazine rings is 1. The fourth-order valence-electron chi connectivity index (χ4n) is 3.12. The molecule has 3 rings (SSSR count). The van der Waals surface area contributed by atoms with E-state index in [0.29, 0.717) is 43.5 Å². The van der Waals surface area contributed by atoms with Crippen molar-refractivity contribution in [3.05, 3.63) is 50.5 Å². The summed E-state index contributed by atoms with van der Waals surface area (Å²) in [6.45, 7) is 4.07. The van der Waals surface area contributed by atoms with E-state index in [4.69, 9.17) is 0 Å². The average molecular weight is 466 g/mol. The summed E-state index contributed by atoms with van der Waals surface area (Å²) in [5, 5.41) is 14.0. The van der Waals surface area contributed by atoms with Crippen LogP contribution >= 0.6 is 11.3 Å². The summed E-state index contributed by atoms with van der Waals surface area (Å²) in [4.78, 5) is 29.4. The molecule has 2 heterocycles. The lowest BCUT2D eigenvalue weighted by molar-refractivity contribution is -0.384. The highest BCUT2D eigenvalue weighted by atomic mass is 32.2. The van der Waals surface area contributed by atoms with Gasteiger partial charge in [0.05, 0.1) is 16.9 Å². The number of nitrogens with zero attached hydrogens (tertiary/aromatic N) is 4. The van der Waals surface area contributed by atoms with Crippen molar-refractivity contribution in [2.24, 2.45) is 0 Å². The van der Waals surface area contributed by atoms with Crippen LogP contribution in [0.1, 0.15) is 23.1 Å². The second-order valence-electron chi connectivity index (χ2n) is 7.13. The largest absolute Gasteiger partial charge is 0.302 e. The van der Waals surface area contributed by atoms with Crippen molar-refractivity contribution in [1.82, 2.24) is 14.2 Å². The zero-order chi connectivity index (χ0) is 22.6. The molecular formula is C19H23N5O5S2. The first kappa shape index (κ1) is 23.0. The molecule has 1 aromatic heterocycles. The van der Waals surface area contributed by atoms with Gasteiger partial charge in [-0.2, -0.15) is 4.31 Å². The minimum Gasteiger partial charge on any atom is -0.302 e. The van der Waals surface area contributed by atoms with Crippen molar-refractivity contribution in [3.63, 3.8) is 0 Å². The smallest absolute Gasteiger partial charge is 0.269 e. The Morgan fingerprint density at radius 3 is 2.42 bits per heavy atom. The number of nitro benzene ring substituents is 1. The quantitative estimate of drug-likeness (QED) is 0.491. The molecule has 2 aromatic rings. The Kier molecular flexibility index (Phi) is 7.15. The molecule has 0 saturated carbocycles. The summed E-state index contributed by atoms with van der Waals surface area (Å²) < 4.78 is 24.9. The van der Waals surface area contributed by atoms with Crippen molar-refractivity contribution in [2.75, 3.05) is 37.8 Å². The number of aromatic nitrogens is 1. The normalized spacial score (nSPS) is 15.9. The van der Waals surface area contributed by atoms with Crippen LogP contribution in [-0.4, -0.2) is 65.9 Å². The molecule has 0 bridgehead atoms. The Hall–Kier alpha value is -2.67. The fourth-order valence-corrected chi connectivity index (χ4v) is 4.98. The van der Waals surface area contributed by atoms with Crippen LogP contribution in [0.25, 0.3) is 12.2 Å². The fraction of sp³-hybridized carbons (Fsp3) is 0.368. The number of hydrogen-bond donors (Lipinski definition) is 1. The van der Waals surface area contributed by atoms with E-state index in [2.05, 4.69) is 15.2 Å². The summed E-state index contributed by atoms with van der Waals surface area (Å²) in [6.07, 6.45) is 4.83. The number of nitrogens with one attached hydrogen (secondary N) is 1. The first-order valence-electron chi connectivity index (χ1n) is 9.49. The number of hydrogen-bond acceptors (Lipinski definition) is 8. The van der Waals surface area contributed by atoms with E-state index in [0.717, 1.165) is 10.4 Å². The zero-order valence-corrected chi connectivity index (χ0v) is 18.8. The molecule has 12 heteroatoms. The van der Waals surface area contributed by atoms with Gasteiger partial charge in [0.25, 0.3) is 5.69 Å². The van der Waals surface area contributed by atoms with Gasteiger partial charge in [-0.3, -0.25) is 19.8 Å². The van der Waals surface area contributed by atoms with Gasteiger partial charge in [-0.1, -0.05) is 17.4 Å². The van der Waals surface area contributed by atoms with Gasteiger partial charge in [-0.25, -0.2) is 13.4 Å². The van der Waals surface area contributed by atoms with Crippen molar-refractivity contribution < 1.29 is 18.1 Å². The monoisotopic (exact) mass is 465 g/mol. The molecule has 1 saturated heterocycles. The topological polar surface area (TPSA) is 126 Å². The van der Waals surface area contributed by atoms with Crippen molar-refractivity contribution in [1.29, 1.82) is 0 Å². The van der Waals surface area contributed by atoms with E-state index in [1.807, 2.05) is 6.08 Å². The molecule has 1 aliphatic rings. The Balaban J connectivity index is 1.76. The first-order chi connectivity index (χ1) is 14.6. The maximum absolute atomic E-state index is 11.7. The Morgan fingerprint density at radius 2 is 1.87 bits per heavy atom. The van der Waals surface area contributed by atoms with Gasteiger partial charge in [0.2, 0.25) is 15.9 Å². The Bertz CT molecular complexity index is 1090. The number of carbonyl (C=O) groups is 1. The van der Waals surface area contributed by atoms with Crippen LogP contribution in [0.2, 0.25) is 0 Å². The SMILES string of the molecule is CC(=O)Nc1nc(C=Cc2ccc([N+](=O)[O-])cc2)c(CN2CCN(S(C)(=O)=O)CC2)s1. The highest BCUT2D eigenvalue weighted by Gasteiger charge is 2.24. The van der Waals surface area contributed by atoms with Crippen molar-refractivity contribution in [2.45, 2.75) is 13.5 Å². The number of anilines is 1. The van der Waals surface area contributed by atoms with E-state index in [1.54, 1.807) is 18.2 Å². The second kappa shape index (κ2) is 9.64. The van der Waals surface area contributed by atoms with Gasteiger partial charge in [0, 0.05) is 56.7 Å². The van der Waals surface area contributed by atoms with Crippen LogP contribution in [0.4, 0.5) is 10.8 Å². The molecule has 10 nitrogen and oxygen atoms in total. The summed E-state index contributed by atoms with van der Waals surface area (Å²) in [6, 6.07) is 6.18. The van der Waals surface area contributed by atoms with Gasteiger partial charge in [-0.05, 0) is 23.8 Å². The molecule has 0 atom stereocenters. The number of amides is 1.